The number of amides is 2. The van der Waals surface area contributed by atoms with E-state index in [9.17, 15) is 18.0 Å². The molecule has 0 radical (unpaired) electrons. The molecule has 0 unspecified atom stereocenters. The molecular weight excluding hydrogens is 416 g/mol. The van der Waals surface area contributed by atoms with Crippen LogP contribution in [0.15, 0.2) is 47.4 Å². The number of para-hydroxylation sites is 2. The average molecular weight is 443 g/mol. The molecule has 1 N–H and O–H groups in total. The van der Waals surface area contributed by atoms with Gasteiger partial charge in [0.05, 0.1) is 36.1 Å². The summed E-state index contributed by atoms with van der Waals surface area (Å²) in [6.07, 6.45) is 3.44. The summed E-state index contributed by atoms with van der Waals surface area (Å²) in [7, 11) is -2.43. The lowest BCUT2D eigenvalue weighted by Crippen LogP contribution is -2.30. The van der Waals surface area contributed by atoms with Gasteiger partial charge in [-0.05, 0) is 49.1 Å². The molecule has 1 heterocycles. The number of rotatable bonds is 6. The van der Waals surface area contributed by atoms with Crippen LogP contribution in [0.4, 0.5) is 5.69 Å². The third kappa shape index (κ3) is 4.04. The van der Waals surface area contributed by atoms with E-state index in [-0.39, 0.29) is 35.1 Å². The van der Waals surface area contributed by atoms with Crippen LogP contribution in [0, 0.1) is 18.8 Å². The second-order valence-corrected chi connectivity index (χ2v) is 9.82. The molecule has 4 rings (SSSR count). The predicted molar refractivity (Wildman–Crippen MR) is 116 cm³/mol. The van der Waals surface area contributed by atoms with Crippen LogP contribution in [0.2, 0.25) is 0 Å². The molecule has 1 saturated carbocycles. The number of likely N-dealkylation sites (tertiary alicyclic amines) is 1. The number of benzene rings is 2. The van der Waals surface area contributed by atoms with Gasteiger partial charge in [-0.1, -0.05) is 37.1 Å². The molecule has 1 aliphatic heterocycles. The van der Waals surface area contributed by atoms with Gasteiger partial charge < -0.3 is 4.74 Å². The van der Waals surface area contributed by atoms with Gasteiger partial charge in [-0.25, -0.2) is 8.42 Å². The number of hydrogen-bond donors (Lipinski definition) is 1. The smallest absolute Gasteiger partial charge is 0.262 e. The predicted octanol–water partition coefficient (Wildman–Crippen LogP) is 3.48. The molecule has 1 saturated heterocycles. The number of sulfonamides is 1. The lowest BCUT2D eigenvalue weighted by Gasteiger charge is -2.19. The minimum absolute atomic E-state index is 0.0854. The van der Waals surface area contributed by atoms with E-state index in [1.165, 1.54) is 18.1 Å². The van der Waals surface area contributed by atoms with Crippen molar-refractivity contribution in [2.24, 2.45) is 11.8 Å². The fourth-order valence-electron chi connectivity index (χ4n) is 4.53. The zero-order valence-electron chi connectivity index (χ0n) is 17.6. The third-order valence-corrected chi connectivity index (χ3v) is 7.67. The van der Waals surface area contributed by atoms with E-state index in [4.69, 9.17) is 4.74 Å². The maximum atomic E-state index is 13.1. The third-order valence-electron chi connectivity index (χ3n) is 6.17. The summed E-state index contributed by atoms with van der Waals surface area (Å²) in [5.74, 6) is -0.293. The number of nitrogens with zero attached hydrogens (tertiary/aromatic N) is 1. The van der Waals surface area contributed by atoms with Crippen molar-refractivity contribution < 1.29 is 22.7 Å². The zero-order chi connectivity index (χ0) is 22.2. The molecule has 0 spiro atoms. The van der Waals surface area contributed by atoms with Crippen molar-refractivity contribution >= 4 is 27.5 Å². The van der Waals surface area contributed by atoms with Crippen LogP contribution in [0.1, 0.15) is 36.8 Å². The van der Waals surface area contributed by atoms with E-state index >= 15 is 0 Å². The summed E-state index contributed by atoms with van der Waals surface area (Å²) in [5, 5.41) is 0. The van der Waals surface area contributed by atoms with Crippen LogP contribution in [0.25, 0.3) is 0 Å². The molecule has 0 aromatic heterocycles. The second kappa shape index (κ2) is 8.34. The van der Waals surface area contributed by atoms with Crippen molar-refractivity contribution in [2.75, 3.05) is 11.8 Å². The Labute approximate surface area is 182 Å². The number of imide groups is 1. The van der Waals surface area contributed by atoms with Crippen LogP contribution in [0.5, 0.6) is 5.75 Å². The molecular formula is C23H26N2O5S. The maximum absolute atomic E-state index is 13.1. The lowest BCUT2D eigenvalue weighted by molar-refractivity contribution is -0.140. The van der Waals surface area contributed by atoms with E-state index in [1.54, 1.807) is 43.3 Å². The molecule has 2 aromatic rings. The van der Waals surface area contributed by atoms with Gasteiger partial charge in [-0.3, -0.25) is 19.2 Å². The number of carbonyl (C=O) groups excluding carboxylic acids is 2. The van der Waals surface area contributed by atoms with E-state index in [0.717, 1.165) is 25.7 Å². The molecule has 31 heavy (non-hydrogen) atoms. The van der Waals surface area contributed by atoms with Crippen molar-refractivity contribution in [3.8, 4) is 5.75 Å². The van der Waals surface area contributed by atoms with Gasteiger partial charge in [-0.15, -0.1) is 0 Å². The van der Waals surface area contributed by atoms with Gasteiger partial charge in [0, 0.05) is 0 Å². The Morgan fingerprint density at radius 2 is 1.68 bits per heavy atom. The quantitative estimate of drug-likeness (QED) is 0.692. The number of methoxy groups -OCH3 is 1. The highest BCUT2D eigenvalue weighted by Crippen LogP contribution is 2.38. The largest absolute Gasteiger partial charge is 0.495 e. The van der Waals surface area contributed by atoms with Crippen molar-refractivity contribution in [3.05, 3.63) is 53.6 Å². The Bertz CT molecular complexity index is 1100. The van der Waals surface area contributed by atoms with Gasteiger partial charge >= 0.3 is 0 Å². The zero-order valence-corrected chi connectivity index (χ0v) is 18.4. The summed E-state index contributed by atoms with van der Waals surface area (Å²) in [5.41, 5.74) is 1.51. The normalized spacial score (nSPS) is 21.2. The van der Waals surface area contributed by atoms with Gasteiger partial charge in [0.25, 0.3) is 10.0 Å². The van der Waals surface area contributed by atoms with E-state index < -0.39 is 10.0 Å². The Balaban J connectivity index is 1.60. The number of hydrogen-bond acceptors (Lipinski definition) is 5. The van der Waals surface area contributed by atoms with Crippen molar-refractivity contribution in [2.45, 2.75) is 44.0 Å². The van der Waals surface area contributed by atoms with E-state index in [2.05, 4.69) is 4.72 Å². The topological polar surface area (TPSA) is 92.8 Å². The highest BCUT2D eigenvalue weighted by Gasteiger charge is 2.47. The van der Waals surface area contributed by atoms with Crippen LogP contribution >= 0.6 is 0 Å². The van der Waals surface area contributed by atoms with Crippen LogP contribution in [-0.2, 0) is 26.2 Å². The minimum atomic E-state index is -3.90. The summed E-state index contributed by atoms with van der Waals surface area (Å²) in [6, 6.07) is 11.8. The van der Waals surface area contributed by atoms with Gasteiger partial charge in [0.2, 0.25) is 11.8 Å². The van der Waals surface area contributed by atoms with Crippen molar-refractivity contribution in [1.29, 1.82) is 0 Å². The molecule has 2 aliphatic rings. The summed E-state index contributed by atoms with van der Waals surface area (Å²) in [4.78, 5) is 27.0. The summed E-state index contributed by atoms with van der Waals surface area (Å²) >= 11 is 0. The fraction of sp³-hybridized carbons (Fsp3) is 0.391. The maximum Gasteiger partial charge on any atom is 0.262 e. The van der Waals surface area contributed by atoms with Gasteiger partial charge in [0.1, 0.15) is 5.75 Å². The van der Waals surface area contributed by atoms with Gasteiger partial charge in [0.15, 0.2) is 0 Å². The molecule has 2 atom stereocenters. The molecule has 0 bridgehead atoms. The molecule has 1 aliphatic carbocycles. The van der Waals surface area contributed by atoms with Crippen molar-refractivity contribution in [1.82, 2.24) is 4.90 Å². The number of nitrogens with one attached hydrogen (secondary N) is 1. The summed E-state index contributed by atoms with van der Waals surface area (Å²) < 4.78 is 34.0. The number of fused-ring (bicyclic) bond motifs is 1. The lowest BCUT2D eigenvalue weighted by atomic mass is 9.81. The average Bonchev–Trinajstić information content (AvgIpc) is 3.00. The summed E-state index contributed by atoms with van der Waals surface area (Å²) in [6.45, 7) is 1.80. The number of aryl methyl sites for hydroxylation is 1. The molecule has 164 valence electrons. The standard InChI is InChI=1S/C23H26N2O5S/c1-15-11-12-16(14-25-22(26)17-7-3-4-8-18(17)23(25)27)13-21(15)31(28,29)24-19-9-5-6-10-20(19)30-2/h5-6,9-13,17-18,24H,3-4,7-8,14H2,1-2H3/t17-,18-/m1/s1. The molecule has 7 nitrogen and oxygen atoms in total. The number of carbonyl (C=O) groups is 2. The molecule has 2 aromatic carbocycles. The first-order valence-electron chi connectivity index (χ1n) is 10.4. The molecule has 2 amide bonds. The highest BCUT2D eigenvalue weighted by atomic mass is 32.2. The first-order chi connectivity index (χ1) is 14.8. The Kier molecular flexibility index (Phi) is 5.75. The molecule has 2 fully saturated rings. The fourth-order valence-corrected chi connectivity index (χ4v) is 5.90. The number of anilines is 1. The Morgan fingerprint density at radius 3 is 2.32 bits per heavy atom. The van der Waals surface area contributed by atoms with Gasteiger partial charge in [-0.2, -0.15) is 0 Å². The first kappa shape index (κ1) is 21.4. The Morgan fingerprint density at radius 1 is 1.03 bits per heavy atom. The van der Waals surface area contributed by atoms with Crippen molar-refractivity contribution in [3.63, 3.8) is 0 Å². The van der Waals surface area contributed by atoms with Crippen LogP contribution in [-0.4, -0.2) is 32.2 Å². The molecule has 8 heteroatoms. The van der Waals surface area contributed by atoms with Crippen LogP contribution in [0.3, 0.4) is 0 Å². The monoisotopic (exact) mass is 442 g/mol. The number of ether oxygens (including phenoxy) is 1. The SMILES string of the molecule is COc1ccccc1NS(=O)(=O)c1cc(CN2C(=O)[C@@H]3CCCC[C@H]3C2=O)ccc1C. The highest BCUT2D eigenvalue weighted by molar-refractivity contribution is 7.92. The van der Waals surface area contributed by atoms with Crippen LogP contribution < -0.4 is 9.46 Å². The first-order valence-corrected chi connectivity index (χ1v) is 11.9. The van der Waals surface area contributed by atoms with E-state index in [1.807, 2.05) is 0 Å². The second-order valence-electron chi connectivity index (χ2n) is 8.17. The minimum Gasteiger partial charge on any atom is -0.495 e. The Hall–Kier alpha value is -2.87. The van der Waals surface area contributed by atoms with E-state index in [0.29, 0.717) is 22.6 Å².